The van der Waals surface area contributed by atoms with Crippen molar-refractivity contribution < 1.29 is 10.0 Å². The molecule has 0 radical (unpaired) electrons. The Kier molecular flexibility index (Phi) is 5.48. The minimum Gasteiger partial charge on any atom is -0.494 e. The van der Waals surface area contributed by atoms with Crippen LogP contribution in [0.5, 0.6) is 5.88 Å². The van der Waals surface area contributed by atoms with Gasteiger partial charge in [-0.15, -0.1) is 0 Å². The van der Waals surface area contributed by atoms with Crippen molar-refractivity contribution in [3.63, 3.8) is 0 Å². The minimum absolute atomic E-state index is 0.0313. The number of non-ortho nitro benzene ring substituents is 1. The number of nitro groups is 1. The van der Waals surface area contributed by atoms with Crippen LogP contribution in [-0.4, -0.2) is 24.9 Å². The van der Waals surface area contributed by atoms with E-state index < -0.39 is 10.5 Å². The highest BCUT2D eigenvalue weighted by Crippen LogP contribution is 2.22. The molecule has 0 saturated heterocycles. The van der Waals surface area contributed by atoms with Gasteiger partial charge in [-0.25, -0.2) is 0 Å². The molecule has 1 N–H and O–H groups in total. The molecule has 1 aromatic carbocycles. The Hall–Kier alpha value is -2.81. The van der Waals surface area contributed by atoms with Crippen molar-refractivity contribution in [2.45, 2.75) is 33.9 Å². The second-order valence-corrected chi connectivity index (χ2v) is 5.61. The number of benzene rings is 1. The zero-order valence-corrected chi connectivity index (χ0v) is 14.9. The van der Waals surface area contributed by atoms with Crippen LogP contribution in [0, 0.1) is 14.9 Å². The largest absolute Gasteiger partial charge is 0.494 e. The Morgan fingerprint density at radius 1 is 1.32 bits per heavy atom. The second-order valence-electron chi connectivity index (χ2n) is 5.25. The van der Waals surface area contributed by atoms with Gasteiger partial charge in [0.2, 0.25) is 5.88 Å². The molecule has 1 aromatic heterocycles. The summed E-state index contributed by atoms with van der Waals surface area (Å²) >= 11 is 5.24. The quantitative estimate of drug-likeness (QED) is 0.381. The minimum atomic E-state index is -0.521. The van der Waals surface area contributed by atoms with Gasteiger partial charge in [-0.1, -0.05) is 6.07 Å². The number of hydrogen-bond donors (Lipinski definition) is 1. The molecular formula is C16H18N4O4S. The highest BCUT2D eigenvalue weighted by molar-refractivity contribution is 7.71. The number of rotatable bonds is 5. The molecule has 0 amide bonds. The molecule has 2 rings (SSSR count). The fraction of sp³-hybridized carbons (Fsp3) is 0.312. The van der Waals surface area contributed by atoms with Crippen molar-refractivity contribution in [1.82, 2.24) is 9.13 Å². The first-order valence-electron chi connectivity index (χ1n) is 7.68. The molecule has 0 atom stereocenters. The molecule has 0 bridgehead atoms. The van der Waals surface area contributed by atoms with E-state index in [9.17, 15) is 20.0 Å². The Morgan fingerprint density at radius 2 is 1.96 bits per heavy atom. The Labute approximate surface area is 148 Å². The lowest BCUT2D eigenvalue weighted by molar-refractivity contribution is -0.384. The summed E-state index contributed by atoms with van der Waals surface area (Å²) in [6.45, 7) is 5.90. The van der Waals surface area contributed by atoms with Gasteiger partial charge in [0.25, 0.3) is 11.2 Å². The molecule has 0 unspecified atom stereocenters. The highest BCUT2D eigenvalue weighted by Gasteiger charge is 2.18. The highest BCUT2D eigenvalue weighted by atomic mass is 32.1. The molecule has 0 saturated carbocycles. The number of hydrogen-bond acceptors (Lipinski definition) is 6. The zero-order valence-electron chi connectivity index (χ0n) is 14.1. The number of nitrogens with zero attached hydrogens (tertiary/aromatic N) is 4. The van der Waals surface area contributed by atoms with E-state index in [2.05, 4.69) is 4.99 Å². The monoisotopic (exact) mass is 362 g/mol. The van der Waals surface area contributed by atoms with Crippen LogP contribution in [0.1, 0.15) is 26.3 Å². The predicted octanol–water partition coefficient (Wildman–Crippen LogP) is 3.17. The van der Waals surface area contributed by atoms with Gasteiger partial charge in [-0.05, 0) is 39.1 Å². The van der Waals surface area contributed by atoms with Crippen molar-refractivity contribution in [1.29, 1.82) is 0 Å². The second kappa shape index (κ2) is 7.39. The zero-order chi connectivity index (χ0) is 18.7. The molecule has 0 aliphatic carbocycles. The van der Waals surface area contributed by atoms with Crippen LogP contribution in [-0.2, 0) is 13.1 Å². The lowest BCUT2D eigenvalue weighted by Gasteiger charge is -2.15. The van der Waals surface area contributed by atoms with Crippen molar-refractivity contribution in [3.8, 4) is 5.88 Å². The van der Waals surface area contributed by atoms with E-state index in [4.69, 9.17) is 12.2 Å². The van der Waals surface area contributed by atoms with E-state index in [0.29, 0.717) is 18.8 Å². The normalized spacial score (nSPS) is 11.6. The first kappa shape index (κ1) is 18.5. The Morgan fingerprint density at radius 3 is 2.52 bits per heavy atom. The summed E-state index contributed by atoms with van der Waals surface area (Å²) in [7, 11) is 0. The van der Waals surface area contributed by atoms with Crippen LogP contribution in [0.2, 0.25) is 0 Å². The molecule has 8 nitrogen and oxygen atoms in total. The van der Waals surface area contributed by atoms with Crippen molar-refractivity contribution in [2.75, 3.05) is 0 Å². The summed E-state index contributed by atoms with van der Waals surface area (Å²) in [4.78, 5) is 27.3. The number of aromatic nitrogens is 2. The van der Waals surface area contributed by atoms with E-state index in [1.807, 2.05) is 0 Å². The van der Waals surface area contributed by atoms with E-state index in [0.717, 1.165) is 0 Å². The summed E-state index contributed by atoms with van der Waals surface area (Å²) in [6.07, 6.45) is 0. The van der Waals surface area contributed by atoms with Gasteiger partial charge in [-0.2, -0.15) is 0 Å². The molecule has 25 heavy (non-hydrogen) atoms. The first-order chi connectivity index (χ1) is 11.8. The summed E-state index contributed by atoms with van der Waals surface area (Å²) in [6, 6.07) is 5.75. The molecule has 0 fully saturated rings. The lowest BCUT2D eigenvalue weighted by atomic mass is 10.2. The number of aromatic hydroxyl groups is 1. The maximum atomic E-state index is 12.7. The third-order valence-electron chi connectivity index (χ3n) is 3.73. The van der Waals surface area contributed by atoms with Gasteiger partial charge in [-0.3, -0.25) is 29.0 Å². The smallest absolute Gasteiger partial charge is 0.271 e. The van der Waals surface area contributed by atoms with Gasteiger partial charge < -0.3 is 5.11 Å². The van der Waals surface area contributed by atoms with Crippen LogP contribution in [0.3, 0.4) is 0 Å². The number of nitro benzene ring substituents is 1. The molecule has 0 aliphatic rings. The fourth-order valence-electron chi connectivity index (χ4n) is 2.49. The molecular weight excluding hydrogens is 344 g/mol. The first-order valence-corrected chi connectivity index (χ1v) is 8.09. The van der Waals surface area contributed by atoms with Crippen molar-refractivity contribution in [3.05, 3.63) is 55.1 Å². The average Bonchev–Trinajstić information content (AvgIpc) is 2.55. The van der Waals surface area contributed by atoms with Gasteiger partial charge in [0, 0.05) is 25.2 Å². The Bertz CT molecular complexity index is 975. The van der Waals surface area contributed by atoms with E-state index in [1.165, 1.54) is 27.3 Å². The summed E-state index contributed by atoms with van der Waals surface area (Å²) in [5.41, 5.74) is 0.0559. The summed E-state index contributed by atoms with van der Waals surface area (Å²) < 4.78 is 3.06. The van der Waals surface area contributed by atoms with Crippen molar-refractivity contribution >= 4 is 29.3 Å². The number of aliphatic imine (C=N–C) groups is 1. The van der Waals surface area contributed by atoms with Gasteiger partial charge >= 0.3 is 0 Å². The van der Waals surface area contributed by atoms with Crippen molar-refractivity contribution in [2.24, 2.45) is 4.99 Å². The standard InChI is InChI=1S/C16H18N4O4S/c1-4-18-14(21)13(15(22)19(5-2)16(18)25)10(3)17-11-7-6-8-12(9-11)20(23)24/h6-9,21H,4-5H2,1-3H3. The fourth-order valence-corrected chi connectivity index (χ4v) is 2.92. The Balaban J connectivity index is 2.69. The van der Waals surface area contributed by atoms with Crippen LogP contribution < -0.4 is 5.56 Å². The summed E-state index contributed by atoms with van der Waals surface area (Å²) in [5, 5.41) is 21.3. The van der Waals surface area contributed by atoms with E-state index in [1.54, 1.807) is 26.8 Å². The predicted molar refractivity (Wildman–Crippen MR) is 97.5 cm³/mol. The molecule has 1 heterocycles. The van der Waals surface area contributed by atoms with E-state index in [-0.39, 0.29) is 27.6 Å². The maximum Gasteiger partial charge on any atom is 0.271 e. The van der Waals surface area contributed by atoms with Gasteiger partial charge in [0.15, 0.2) is 4.77 Å². The van der Waals surface area contributed by atoms with E-state index >= 15 is 0 Å². The van der Waals surface area contributed by atoms with Crippen LogP contribution in [0.4, 0.5) is 11.4 Å². The molecule has 0 aliphatic heterocycles. The molecule has 132 valence electrons. The SMILES string of the molecule is CCn1c(O)c(C(C)=Nc2cccc([N+](=O)[O-])c2)c(=O)n(CC)c1=S. The lowest BCUT2D eigenvalue weighted by Crippen LogP contribution is -2.29. The van der Waals surface area contributed by atoms with Gasteiger partial charge in [0.05, 0.1) is 16.3 Å². The molecule has 0 spiro atoms. The average molecular weight is 362 g/mol. The summed E-state index contributed by atoms with van der Waals surface area (Å²) in [5.74, 6) is -0.256. The third-order valence-corrected chi connectivity index (χ3v) is 4.17. The topological polar surface area (TPSA) is 103 Å². The molecule has 9 heteroatoms. The van der Waals surface area contributed by atoms with Crippen LogP contribution in [0.25, 0.3) is 0 Å². The molecule has 2 aromatic rings. The maximum absolute atomic E-state index is 12.7. The van der Waals surface area contributed by atoms with Gasteiger partial charge in [0.1, 0.15) is 5.56 Å². The third kappa shape index (κ3) is 3.50. The van der Waals surface area contributed by atoms with Crippen LogP contribution in [0.15, 0.2) is 34.1 Å². The van der Waals surface area contributed by atoms with Crippen LogP contribution >= 0.6 is 12.2 Å².